The predicted octanol–water partition coefficient (Wildman–Crippen LogP) is 11.4. The van der Waals surface area contributed by atoms with Crippen molar-refractivity contribution in [3.63, 3.8) is 0 Å². The molecular weight excluding hydrogens is 732 g/mol. The van der Waals surface area contributed by atoms with E-state index in [9.17, 15) is 19.8 Å². The van der Waals surface area contributed by atoms with E-state index in [4.69, 9.17) is 14.2 Å². The van der Waals surface area contributed by atoms with Gasteiger partial charge >= 0.3 is 11.9 Å². The van der Waals surface area contributed by atoms with Gasteiger partial charge in [0.05, 0.1) is 39.1 Å². The van der Waals surface area contributed by atoms with Crippen LogP contribution in [0.3, 0.4) is 0 Å². The first-order valence-electron chi connectivity index (χ1n) is 23.9. The number of unbranched alkanes of at least 4 members (excludes halogenated alkanes) is 2. The van der Waals surface area contributed by atoms with E-state index < -0.39 is 11.6 Å². The van der Waals surface area contributed by atoms with Gasteiger partial charge in [0.1, 0.15) is 6.17 Å². The van der Waals surface area contributed by atoms with E-state index in [-0.39, 0.29) is 55.6 Å². The van der Waals surface area contributed by atoms with E-state index in [1.54, 1.807) is 13.8 Å². The molecular formula is C50H85FO7. The Balaban J connectivity index is 1.42. The molecule has 2 N–H and O–H groups in total. The topological polar surface area (TPSA) is 102 Å². The van der Waals surface area contributed by atoms with E-state index in [0.29, 0.717) is 66.8 Å². The van der Waals surface area contributed by atoms with Crippen molar-refractivity contribution in [3.05, 3.63) is 24.3 Å². The summed E-state index contributed by atoms with van der Waals surface area (Å²) in [5.74, 6) is 4.19. The summed E-state index contributed by atoms with van der Waals surface area (Å²) in [6.07, 6.45) is 22.7. The lowest BCUT2D eigenvalue weighted by Gasteiger charge is -2.50. The molecule has 0 aliphatic heterocycles. The van der Waals surface area contributed by atoms with Crippen LogP contribution in [-0.4, -0.2) is 67.5 Å². The van der Waals surface area contributed by atoms with Gasteiger partial charge in [-0.2, -0.15) is 0 Å². The second kappa shape index (κ2) is 24.6. The summed E-state index contributed by atoms with van der Waals surface area (Å²) in [6.45, 7) is 17.8. The fourth-order valence-electron chi connectivity index (χ4n) is 12.0. The minimum atomic E-state index is -0.757. The van der Waals surface area contributed by atoms with E-state index >= 15 is 4.39 Å². The maximum absolute atomic E-state index is 16.3. The summed E-state index contributed by atoms with van der Waals surface area (Å²) in [7, 11) is 0. The molecule has 0 bridgehead atoms. The Morgan fingerprint density at radius 2 is 1.19 bits per heavy atom. The van der Waals surface area contributed by atoms with Crippen molar-refractivity contribution in [3.8, 4) is 0 Å². The quantitative estimate of drug-likeness (QED) is 0.0601. The van der Waals surface area contributed by atoms with Crippen molar-refractivity contribution in [1.29, 1.82) is 0 Å². The minimum absolute atomic E-state index is 0.0997. The third-order valence-electron chi connectivity index (χ3n) is 15.6. The van der Waals surface area contributed by atoms with Gasteiger partial charge in [-0.05, 0) is 163 Å². The molecule has 8 unspecified atom stereocenters. The van der Waals surface area contributed by atoms with Crippen LogP contribution in [-0.2, 0) is 23.8 Å². The molecule has 8 atom stereocenters. The van der Waals surface area contributed by atoms with Crippen LogP contribution in [0.2, 0.25) is 0 Å². The Labute approximate surface area is 353 Å². The third-order valence-corrected chi connectivity index (χ3v) is 15.6. The van der Waals surface area contributed by atoms with E-state index in [1.807, 2.05) is 6.92 Å². The number of carbonyl (C=O) groups is 2. The molecule has 0 heterocycles. The van der Waals surface area contributed by atoms with Crippen molar-refractivity contribution in [2.75, 3.05) is 33.0 Å². The fraction of sp³-hybridized carbons (Fsp3) is 0.880. The standard InChI is InChI=1S/C50H85FO7/c1-8-10-11-14-36-17-19-38(20-18-36)39-21-24-45(46(51)30-39)40-22-23-44(37(9-2)27-40)43-28-41(15-12-25-56-48(54)34(3)4)47(58-33-50(7,31-52)32-53)42(29-43)16-13-26-57-49(55)35(5)6/h36-47,52-53H,3,5,8-33H2,1-2,4,6-7H3. The van der Waals surface area contributed by atoms with Gasteiger partial charge in [-0.1, -0.05) is 78.9 Å². The molecule has 4 rings (SSSR count). The van der Waals surface area contributed by atoms with Crippen LogP contribution >= 0.6 is 0 Å². The zero-order chi connectivity index (χ0) is 42.2. The van der Waals surface area contributed by atoms with Gasteiger partial charge in [0, 0.05) is 16.6 Å². The van der Waals surface area contributed by atoms with Crippen molar-refractivity contribution >= 4 is 11.9 Å². The van der Waals surface area contributed by atoms with Gasteiger partial charge in [0.15, 0.2) is 0 Å². The van der Waals surface area contributed by atoms with Crippen LogP contribution in [0.1, 0.15) is 169 Å². The molecule has 4 aliphatic carbocycles. The van der Waals surface area contributed by atoms with Crippen LogP contribution in [0.5, 0.6) is 0 Å². The number of aliphatic hydroxyl groups excluding tert-OH is 2. The first-order chi connectivity index (χ1) is 27.8. The van der Waals surface area contributed by atoms with Crippen molar-refractivity contribution in [1.82, 2.24) is 0 Å². The fourth-order valence-corrected chi connectivity index (χ4v) is 12.0. The lowest BCUT2D eigenvalue weighted by atomic mass is 9.57. The number of hydrogen-bond donors (Lipinski definition) is 2. The number of aliphatic hydroxyl groups is 2. The molecule has 0 aromatic carbocycles. The van der Waals surface area contributed by atoms with E-state index in [2.05, 4.69) is 27.0 Å². The van der Waals surface area contributed by atoms with Crippen molar-refractivity contribution in [2.24, 2.45) is 64.6 Å². The van der Waals surface area contributed by atoms with Crippen molar-refractivity contribution in [2.45, 2.75) is 182 Å². The summed E-state index contributed by atoms with van der Waals surface area (Å²) in [4.78, 5) is 24.4. The first-order valence-corrected chi connectivity index (χ1v) is 23.9. The van der Waals surface area contributed by atoms with Crippen molar-refractivity contribution < 1.29 is 38.4 Å². The first kappa shape index (κ1) is 48.9. The summed E-state index contributed by atoms with van der Waals surface area (Å²) >= 11 is 0. The summed E-state index contributed by atoms with van der Waals surface area (Å²) < 4.78 is 34.1. The molecule has 0 radical (unpaired) electrons. The zero-order valence-corrected chi connectivity index (χ0v) is 37.5. The Morgan fingerprint density at radius 1 is 0.655 bits per heavy atom. The molecule has 4 aliphatic rings. The lowest BCUT2D eigenvalue weighted by Crippen LogP contribution is -2.46. The van der Waals surface area contributed by atoms with Gasteiger partial charge in [0.2, 0.25) is 0 Å². The number of rotatable bonds is 23. The Kier molecular flexibility index (Phi) is 20.8. The van der Waals surface area contributed by atoms with Crippen LogP contribution in [0, 0.1) is 64.6 Å². The Hall–Kier alpha value is -1.77. The van der Waals surface area contributed by atoms with Gasteiger partial charge in [0.25, 0.3) is 0 Å². The lowest BCUT2D eigenvalue weighted by molar-refractivity contribution is -0.139. The molecule has 8 heteroatoms. The molecule has 4 saturated carbocycles. The average molecular weight is 817 g/mol. The normalized spacial score (nSPS) is 33.3. The molecule has 0 spiro atoms. The summed E-state index contributed by atoms with van der Waals surface area (Å²) in [5, 5.41) is 20.2. The highest BCUT2D eigenvalue weighted by atomic mass is 19.1. The average Bonchev–Trinajstić information content (AvgIpc) is 3.23. The van der Waals surface area contributed by atoms with Gasteiger partial charge in [-0.15, -0.1) is 0 Å². The van der Waals surface area contributed by atoms with Crippen LogP contribution in [0.4, 0.5) is 4.39 Å². The minimum Gasteiger partial charge on any atom is -0.462 e. The second-order valence-corrected chi connectivity index (χ2v) is 20.2. The van der Waals surface area contributed by atoms with Crippen LogP contribution in [0.15, 0.2) is 24.3 Å². The van der Waals surface area contributed by atoms with Crippen LogP contribution in [0.25, 0.3) is 0 Å². The summed E-state index contributed by atoms with van der Waals surface area (Å²) in [6, 6.07) is 0. The number of hydrogen-bond acceptors (Lipinski definition) is 7. The monoisotopic (exact) mass is 817 g/mol. The smallest absolute Gasteiger partial charge is 0.333 e. The maximum Gasteiger partial charge on any atom is 0.333 e. The Morgan fingerprint density at radius 3 is 1.71 bits per heavy atom. The SMILES string of the molecule is C=C(C)C(=O)OCCCC1CC(C2CCC(C3CCC(C4CCC(CCCCC)CC4)CC3F)CC2CC)CC(CCCOC(=O)C(=C)C)C1OCC(C)(CO)CO. The molecule has 334 valence electrons. The number of ether oxygens (including phenoxy) is 3. The van der Waals surface area contributed by atoms with E-state index in [0.717, 1.165) is 76.0 Å². The molecule has 0 saturated heterocycles. The molecule has 0 aromatic rings. The number of halogens is 1. The molecule has 4 fully saturated rings. The number of alkyl halides is 1. The zero-order valence-electron chi connectivity index (χ0n) is 37.5. The van der Waals surface area contributed by atoms with Crippen LogP contribution < -0.4 is 0 Å². The molecule has 0 amide bonds. The van der Waals surface area contributed by atoms with Gasteiger partial charge in [-0.3, -0.25) is 0 Å². The third kappa shape index (κ3) is 14.4. The highest BCUT2D eigenvalue weighted by Crippen LogP contribution is 2.53. The van der Waals surface area contributed by atoms with E-state index in [1.165, 1.54) is 57.8 Å². The largest absolute Gasteiger partial charge is 0.462 e. The summed E-state index contributed by atoms with van der Waals surface area (Å²) in [5.41, 5.74) is 0.0247. The molecule has 58 heavy (non-hydrogen) atoms. The Bertz CT molecular complexity index is 1210. The number of carbonyl (C=O) groups excluding carboxylic acids is 2. The second-order valence-electron chi connectivity index (χ2n) is 20.2. The highest BCUT2D eigenvalue weighted by Gasteiger charge is 2.47. The maximum atomic E-state index is 16.3. The highest BCUT2D eigenvalue weighted by molar-refractivity contribution is 5.87. The number of esters is 2. The van der Waals surface area contributed by atoms with Gasteiger partial charge in [-0.25, -0.2) is 14.0 Å². The van der Waals surface area contributed by atoms with Gasteiger partial charge < -0.3 is 24.4 Å². The predicted molar refractivity (Wildman–Crippen MR) is 232 cm³/mol. The molecule has 0 aromatic heterocycles. The molecule has 7 nitrogen and oxygen atoms in total.